The molecule has 0 radical (unpaired) electrons. The largest absolute Gasteiger partial charge is 0.454 e. The van der Waals surface area contributed by atoms with Crippen LogP contribution in [0.5, 0.6) is 11.5 Å². The van der Waals surface area contributed by atoms with Gasteiger partial charge in [0, 0.05) is 57.4 Å². The van der Waals surface area contributed by atoms with Crippen LogP contribution in [0.25, 0.3) is 6.08 Å². The Kier molecular flexibility index (Phi) is 6.44. The Morgan fingerprint density at radius 3 is 2.55 bits per heavy atom. The topological polar surface area (TPSA) is 54.0 Å². The fourth-order valence-corrected chi connectivity index (χ4v) is 3.55. The van der Waals surface area contributed by atoms with Crippen molar-refractivity contribution in [3.8, 4) is 11.5 Å². The predicted octanol–water partition coefficient (Wildman–Crippen LogP) is 3.07. The molecule has 1 N–H and O–H groups in total. The van der Waals surface area contributed by atoms with E-state index in [0.29, 0.717) is 12.2 Å². The Labute approximate surface area is 171 Å². The summed E-state index contributed by atoms with van der Waals surface area (Å²) in [5.74, 6) is 1.43. The van der Waals surface area contributed by atoms with Crippen LogP contribution in [0.15, 0.2) is 54.6 Å². The molecule has 4 rings (SSSR count). The maximum atomic E-state index is 12.3. The molecule has 1 fully saturated rings. The summed E-state index contributed by atoms with van der Waals surface area (Å²) in [5, 5.41) is 2.94. The van der Waals surface area contributed by atoms with E-state index in [0.717, 1.165) is 50.7 Å². The highest BCUT2D eigenvalue weighted by Gasteiger charge is 2.17. The Morgan fingerprint density at radius 2 is 1.72 bits per heavy atom. The molecular formula is C23H27N3O3. The monoisotopic (exact) mass is 393 g/mol. The van der Waals surface area contributed by atoms with Crippen LogP contribution >= 0.6 is 0 Å². The number of amides is 1. The van der Waals surface area contributed by atoms with Crippen molar-refractivity contribution in [3.05, 3.63) is 60.2 Å². The van der Waals surface area contributed by atoms with E-state index in [-0.39, 0.29) is 12.7 Å². The molecule has 0 aliphatic carbocycles. The molecule has 152 valence electrons. The highest BCUT2D eigenvalue weighted by Crippen LogP contribution is 2.34. The molecule has 0 unspecified atom stereocenters. The SMILES string of the molecule is O=C(CCN1CCN(C/C=C/c2ccccc2)CC1)Nc1ccc2c(c1)OCO2. The smallest absolute Gasteiger partial charge is 0.231 e. The Hall–Kier alpha value is -2.83. The summed E-state index contributed by atoms with van der Waals surface area (Å²) in [6.07, 6.45) is 4.89. The van der Waals surface area contributed by atoms with Gasteiger partial charge in [0.2, 0.25) is 12.7 Å². The molecule has 29 heavy (non-hydrogen) atoms. The molecule has 0 spiro atoms. The lowest BCUT2D eigenvalue weighted by atomic mass is 10.2. The maximum Gasteiger partial charge on any atom is 0.231 e. The average Bonchev–Trinajstić information content (AvgIpc) is 3.22. The molecule has 2 heterocycles. The second-order valence-corrected chi connectivity index (χ2v) is 7.32. The maximum absolute atomic E-state index is 12.3. The first kappa shape index (κ1) is 19.5. The second-order valence-electron chi connectivity index (χ2n) is 7.32. The zero-order valence-electron chi connectivity index (χ0n) is 16.5. The summed E-state index contributed by atoms with van der Waals surface area (Å²) in [5.41, 5.74) is 1.98. The molecule has 0 aromatic heterocycles. The summed E-state index contributed by atoms with van der Waals surface area (Å²) in [6, 6.07) is 15.8. The Balaban J connectivity index is 1.14. The number of carbonyl (C=O) groups is 1. The third kappa shape index (κ3) is 5.59. The lowest BCUT2D eigenvalue weighted by molar-refractivity contribution is -0.116. The standard InChI is InChI=1S/C23H27N3O3/c27-23(24-20-8-9-21-22(17-20)29-18-28-21)10-12-26-15-13-25(14-16-26)11-4-7-19-5-2-1-3-6-19/h1-9,17H,10-16,18H2,(H,24,27)/b7-4+. The van der Waals surface area contributed by atoms with Gasteiger partial charge < -0.3 is 19.7 Å². The molecule has 2 aliphatic heterocycles. The van der Waals surface area contributed by atoms with Crippen molar-refractivity contribution in [1.82, 2.24) is 9.80 Å². The molecule has 2 aromatic rings. The lowest BCUT2D eigenvalue weighted by Crippen LogP contribution is -2.46. The first-order valence-electron chi connectivity index (χ1n) is 10.1. The molecule has 0 bridgehead atoms. The van der Waals surface area contributed by atoms with Crippen LogP contribution in [-0.4, -0.2) is 61.8 Å². The van der Waals surface area contributed by atoms with E-state index >= 15 is 0 Å². The van der Waals surface area contributed by atoms with E-state index in [1.807, 2.05) is 24.3 Å². The second kappa shape index (κ2) is 9.58. The van der Waals surface area contributed by atoms with Crippen molar-refractivity contribution >= 4 is 17.7 Å². The van der Waals surface area contributed by atoms with Gasteiger partial charge in [-0.25, -0.2) is 0 Å². The van der Waals surface area contributed by atoms with E-state index < -0.39 is 0 Å². The van der Waals surface area contributed by atoms with Crippen LogP contribution in [-0.2, 0) is 4.79 Å². The molecule has 6 heteroatoms. The van der Waals surface area contributed by atoms with Crippen molar-refractivity contribution < 1.29 is 14.3 Å². The minimum absolute atomic E-state index is 0.0251. The van der Waals surface area contributed by atoms with Crippen molar-refractivity contribution in [2.75, 3.05) is 51.4 Å². The minimum Gasteiger partial charge on any atom is -0.454 e. The van der Waals surface area contributed by atoms with E-state index in [1.54, 1.807) is 0 Å². The number of hydrogen-bond acceptors (Lipinski definition) is 5. The van der Waals surface area contributed by atoms with Crippen LogP contribution in [0.1, 0.15) is 12.0 Å². The molecule has 1 saturated heterocycles. The fraction of sp³-hybridized carbons (Fsp3) is 0.348. The lowest BCUT2D eigenvalue weighted by Gasteiger charge is -2.34. The van der Waals surface area contributed by atoms with E-state index in [2.05, 4.69) is 51.5 Å². The highest BCUT2D eigenvalue weighted by atomic mass is 16.7. The number of carbonyl (C=O) groups excluding carboxylic acids is 1. The van der Waals surface area contributed by atoms with Gasteiger partial charge in [0.05, 0.1) is 0 Å². The number of fused-ring (bicyclic) bond motifs is 1. The summed E-state index contributed by atoms with van der Waals surface area (Å²) < 4.78 is 10.6. The van der Waals surface area contributed by atoms with Gasteiger partial charge >= 0.3 is 0 Å². The summed E-state index contributed by atoms with van der Waals surface area (Å²) in [7, 11) is 0. The van der Waals surface area contributed by atoms with Gasteiger partial charge in [-0.1, -0.05) is 42.5 Å². The molecular weight excluding hydrogens is 366 g/mol. The molecule has 2 aliphatic rings. The van der Waals surface area contributed by atoms with Gasteiger partial charge in [0.25, 0.3) is 0 Å². The first-order chi connectivity index (χ1) is 14.3. The zero-order valence-corrected chi connectivity index (χ0v) is 16.5. The summed E-state index contributed by atoms with van der Waals surface area (Å²) in [6.45, 7) is 6.04. The minimum atomic E-state index is 0.0251. The number of nitrogens with zero attached hydrogens (tertiary/aromatic N) is 2. The number of anilines is 1. The van der Waals surface area contributed by atoms with Crippen molar-refractivity contribution in [1.29, 1.82) is 0 Å². The van der Waals surface area contributed by atoms with E-state index in [4.69, 9.17) is 9.47 Å². The number of rotatable bonds is 7. The van der Waals surface area contributed by atoms with Crippen LogP contribution in [0, 0.1) is 0 Å². The van der Waals surface area contributed by atoms with Crippen LogP contribution < -0.4 is 14.8 Å². The van der Waals surface area contributed by atoms with Gasteiger partial charge in [-0.2, -0.15) is 0 Å². The van der Waals surface area contributed by atoms with Crippen LogP contribution in [0.2, 0.25) is 0 Å². The molecule has 1 amide bonds. The Bertz CT molecular complexity index is 846. The quantitative estimate of drug-likeness (QED) is 0.784. The Morgan fingerprint density at radius 1 is 0.966 bits per heavy atom. The van der Waals surface area contributed by atoms with Gasteiger partial charge in [0.1, 0.15) is 0 Å². The number of hydrogen-bond donors (Lipinski definition) is 1. The van der Waals surface area contributed by atoms with Gasteiger partial charge in [-0.15, -0.1) is 0 Å². The van der Waals surface area contributed by atoms with Gasteiger partial charge in [-0.05, 0) is 17.7 Å². The third-order valence-electron chi connectivity index (χ3n) is 5.25. The number of ether oxygens (including phenoxy) is 2. The number of benzene rings is 2. The van der Waals surface area contributed by atoms with Crippen LogP contribution in [0.4, 0.5) is 5.69 Å². The van der Waals surface area contributed by atoms with Gasteiger partial charge in [-0.3, -0.25) is 9.69 Å². The third-order valence-corrected chi connectivity index (χ3v) is 5.25. The van der Waals surface area contributed by atoms with E-state index in [9.17, 15) is 4.79 Å². The number of nitrogens with one attached hydrogen (secondary N) is 1. The molecule has 2 aromatic carbocycles. The average molecular weight is 393 g/mol. The van der Waals surface area contributed by atoms with Crippen molar-refractivity contribution in [2.24, 2.45) is 0 Å². The van der Waals surface area contributed by atoms with Crippen molar-refractivity contribution in [2.45, 2.75) is 6.42 Å². The fourth-order valence-electron chi connectivity index (χ4n) is 3.55. The van der Waals surface area contributed by atoms with Gasteiger partial charge in [0.15, 0.2) is 11.5 Å². The summed E-state index contributed by atoms with van der Waals surface area (Å²) in [4.78, 5) is 17.1. The molecule has 0 saturated carbocycles. The summed E-state index contributed by atoms with van der Waals surface area (Å²) >= 11 is 0. The number of piperazine rings is 1. The van der Waals surface area contributed by atoms with Crippen molar-refractivity contribution in [3.63, 3.8) is 0 Å². The molecule has 0 atom stereocenters. The molecule has 6 nitrogen and oxygen atoms in total. The predicted molar refractivity (Wildman–Crippen MR) is 114 cm³/mol. The van der Waals surface area contributed by atoms with E-state index in [1.165, 1.54) is 5.56 Å². The normalized spacial score (nSPS) is 17.0. The highest BCUT2D eigenvalue weighted by molar-refractivity contribution is 5.91. The zero-order chi connectivity index (χ0) is 19.9. The van der Waals surface area contributed by atoms with Crippen LogP contribution in [0.3, 0.4) is 0 Å². The first-order valence-corrected chi connectivity index (χ1v) is 10.1.